The third-order valence-electron chi connectivity index (χ3n) is 1.94. The van der Waals surface area contributed by atoms with Gasteiger partial charge in [-0.2, -0.15) is 13.2 Å². The third-order valence-corrected chi connectivity index (χ3v) is 2.58. The minimum Gasteiger partial charge on any atom is -0.497 e. The fraction of sp³-hybridized carbons (Fsp3) is 0.300. The van der Waals surface area contributed by atoms with Gasteiger partial charge in [-0.15, -0.1) is 11.8 Å². The maximum atomic E-state index is 12.5. The van der Waals surface area contributed by atoms with E-state index in [1.54, 1.807) is 6.26 Å². The second-order valence-corrected chi connectivity index (χ2v) is 3.80. The Kier molecular flexibility index (Phi) is 3.85. The summed E-state index contributed by atoms with van der Waals surface area (Å²) in [6.07, 6.45) is -2.79. The van der Waals surface area contributed by atoms with Gasteiger partial charge in [0.2, 0.25) is 0 Å². The lowest BCUT2D eigenvalue weighted by Gasteiger charge is -2.11. The molecule has 0 atom stereocenters. The highest BCUT2D eigenvalue weighted by Crippen LogP contribution is 2.33. The number of halogens is 3. The fourth-order valence-electron chi connectivity index (χ4n) is 1.13. The van der Waals surface area contributed by atoms with Crippen molar-refractivity contribution in [2.75, 3.05) is 13.4 Å². The van der Waals surface area contributed by atoms with Crippen LogP contribution in [-0.2, 0) is 6.18 Å². The number of thioether (sulfide) groups is 1. The molecule has 0 aliphatic heterocycles. The Hall–Kier alpha value is -1.17. The molecule has 0 amide bonds. The van der Waals surface area contributed by atoms with Gasteiger partial charge in [0.05, 0.1) is 17.7 Å². The van der Waals surface area contributed by atoms with Gasteiger partial charge >= 0.3 is 6.18 Å². The van der Waals surface area contributed by atoms with Crippen LogP contribution in [0.1, 0.15) is 11.1 Å². The summed E-state index contributed by atoms with van der Waals surface area (Å²) >= 11 is 1.08. The van der Waals surface area contributed by atoms with Crippen molar-refractivity contribution in [1.29, 1.82) is 5.41 Å². The average Bonchev–Trinajstić information content (AvgIpc) is 2.26. The molecular weight excluding hydrogens is 239 g/mol. The first-order valence-corrected chi connectivity index (χ1v) is 5.50. The fourth-order valence-corrected chi connectivity index (χ4v) is 1.48. The van der Waals surface area contributed by atoms with Gasteiger partial charge in [0.1, 0.15) is 5.75 Å². The Morgan fingerprint density at radius 2 is 1.94 bits per heavy atom. The number of hydrogen-bond acceptors (Lipinski definition) is 3. The monoisotopic (exact) mass is 249 g/mol. The van der Waals surface area contributed by atoms with E-state index in [1.807, 2.05) is 0 Å². The summed E-state index contributed by atoms with van der Waals surface area (Å²) < 4.78 is 42.3. The molecule has 88 valence electrons. The molecule has 0 aliphatic carbocycles. The Morgan fingerprint density at radius 1 is 1.31 bits per heavy atom. The average molecular weight is 249 g/mol. The normalized spacial score (nSPS) is 11.3. The van der Waals surface area contributed by atoms with Crippen LogP contribution < -0.4 is 4.74 Å². The highest BCUT2D eigenvalue weighted by molar-refractivity contribution is 8.13. The first-order chi connectivity index (χ1) is 7.38. The summed E-state index contributed by atoms with van der Waals surface area (Å²) in [6, 6.07) is 3.27. The van der Waals surface area contributed by atoms with Crippen molar-refractivity contribution in [1.82, 2.24) is 0 Å². The molecule has 1 aromatic carbocycles. The van der Waals surface area contributed by atoms with E-state index in [1.165, 1.54) is 13.2 Å². The van der Waals surface area contributed by atoms with Gasteiger partial charge in [-0.1, -0.05) is 0 Å². The van der Waals surface area contributed by atoms with E-state index < -0.39 is 11.7 Å². The largest absolute Gasteiger partial charge is 0.497 e. The van der Waals surface area contributed by atoms with Gasteiger partial charge in [0.15, 0.2) is 0 Å². The lowest BCUT2D eigenvalue weighted by molar-refractivity contribution is -0.137. The molecule has 0 bridgehead atoms. The molecular formula is C10H10F3NOS. The van der Waals surface area contributed by atoms with E-state index in [0.29, 0.717) is 0 Å². The van der Waals surface area contributed by atoms with Crippen LogP contribution in [0.3, 0.4) is 0 Å². The summed E-state index contributed by atoms with van der Waals surface area (Å²) in [5, 5.41) is 7.56. The smallest absolute Gasteiger partial charge is 0.416 e. The molecule has 6 heteroatoms. The third kappa shape index (κ3) is 2.91. The van der Waals surface area contributed by atoms with Crippen molar-refractivity contribution in [3.8, 4) is 5.75 Å². The highest BCUT2D eigenvalue weighted by atomic mass is 32.2. The predicted octanol–water partition coefficient (Wildman–Crippen LogP) is 3.40. The molecule has 1 rings (SSSR count). The molecule has 0 spiro atoms. The maximum Gasteiger partial charge on any atom is 0.416 e. The summed E-state index contributed by atoms with van der Waals surface area (Å²) in [5.41, 5.74) is -0.597. The molecule has 0 saturated heterocycles. The quantitative estimate of drug-likeness (QED) is 0.643. The first-order valence-electron chi connectivity index (χ1n) is 4.27. The molecule has 2 nitrogen and oxygen atoms in total. The summed E-state index contributed by atoms with van der Waals surface area (Å²) in [7, 11) is 1.29. The first kappa shape index (κ1) is 12.9. The molecule has 0 radical (unpaired) electrons. The van der Waals surface area contributed by atoms with Gasteiger partial charge in [-0.05, 0) is 24.5 Å². The van der Waals surface area contributed by atoms with Crippen LogP contribution in [0.4, 0.5) is 13.2 Å². The zero-order valence-corrected chi connectivity index (χ0v) is 9.50. The molecule has 0 heterocycles. The second-order valence-electron chi connectivity index (χ2n) is 2.98. The number of benzene rings is 1. The van der Waals surface area contributed by atoms with Crippen molar-refractivity contribution in [3.05, 3.63) is 29.3 Å². The maximum absolute atomic E-state index is 12.5. The number of hydrogen-bond donors (Lipinski definition) is 1. The predicted molar refractivity (Wildman–Crippen MR) is 58.3 cm³/mol. The molecule has 0 aromatic heterocycles. The molecule has 1 N–H and O–H groups in total. The molecule has 0 saturated carbocycles. The van der Waals surface area contributed by atoms with E-state index in [0.717, 1.165) is 23.9 Å². The van der Waals surface area contributed by atoms with Gasteiger partial charge in [0, 0.05) is 5.56 Å². The zero-order chi connectivity index (χ0) is 12.3. The van der Waals surface area contributed by atoms with E-state index in [-0.39, 0.29) is 16.4 Å². The van der Waals surface area contributed by atoms with Crippen molar-refractivity contribution < 1.29 is 17.9 Å². The van der Waals surface area contributed by atoms with Gasteiger partial charge < -0.3 is 4.74 Å². The van der Waals surface area contributed by atoms with Crippen molar-refractivity contribution in [2.24, 2.45) is 0 Å². The van der Waals surface area contributed by atoms with Crippen LogP contribution >= 0.6 is 11.8 Å². The molecule has 0 unspecified atom stereocenters. The minimum absolute atomic E-state index is 0.0735. The topological polar surface area (TPSA) is 33.1 Å². The molecule has 0 aliphatic rings. The number of nitrogens with one attached hydrogen (secondary N) is 1. The number of methoxy groups -OCH3 is 1. The van der Waals surface area contributed by atoms with E-state index in [2.05, 4.69) is 0 Å². The van der Waals surface area contributed by atoms with Gasteiger partial charge in [-0.25, -0.2) is 0 Å². The summed E-state index contributed by atoms with van der Waals surface area (Å²) in [4.78, 5) is 0. The van der Waals surface area contributed by atoms with Crippen LogP contribution in [-0.4, -0.2) is 18.4 Å². The Balaban J connectivity index is 3.27. The summed E-state index contributed by atoms with van der Waals surface area (Å²) in [6.45, 7) is 0. The number of rotatable bonds is 2. The molecule has 1 aromatic rings. The lowest BCUT2D eigenvalue weighted by Crippen LogP contribution is -2.07. The Morgan fingerprint density at radius 3 is 2.38 bits per heavy atom. The lowest BCUT2D eigenvalue weighted by atomic mass is 10.1. The SMILES string of the molecule is COc1cc(C(=N)SC)cc(C(F)(F)F)c1. The Labute approximate surface area is 95.3 Å². The van der Waals surface area contributed by atoms with Crippen molar-refractivity contribution in [2.45, 2.75) is 6.18 Å². The highest BCUT2D eigenvalue weighted by Gasteiger charge is 2.31. The minimum atomic E-state index is -4.43. The number of ether oxygens (including phenoxy) is 1. The van der Waals surface area contributed by atoms with Crippen LogP contribution in [0.5, 0.6) is 5.75 Å². The van der Waals surface area contributed by atoms with Crippen LogP contribution in [0.15, 0.2) is 18.2 Å². The molecule has 0 fully saturated rings. The van der Waals surface area contributed by atoms with Crippen molar-refractivity contribution >= 4 is 16.8 Å². The van der Waals surface area contributed by atoms with Crippen LogP contribution in [0.25, 0.3) is 0 Å². The van der Waals surface area contributed by atoms with E-state index in [9.17, 15) is 13.2 Å². The van der Waals surface area contributed by atoms with Crippen LogP contribution in [0.2, 0.25) is 0 Å². The zero-order valence-electron chi connectivity index (χ0n) is 8.68. The number of alkyl halides is 3. The molecule has 16 heavy (non-hydrogen) atoms. The van der Waals surface area contributed by atoms with E-state index in [4.69, 9.17) is 10.1 Å². The van der Waals surface area contributed by atoms with Gasteiger partial charge in [0.25, 0.3) is 0 Å². The second kappa shape index (κ2) is 4.78. The van der Waals surface area contributed by atoms with Crippen molar-refractivity contribution in [3.63, 3.8) is 0 Å². The van der Waals surface area contributed by atoms with E-state index >= 15 is 0 Å². The Bertz CT molecular complexity index is 404. The summed E-state index contributed by atoms with van der Waals surface area (Å²) in [5.74, 6) is 0.101. The van der Waals surface area contributed by atoms with Gasteiger partial charge in [-0.3, -0.25) is 5.41 Å². The standard InChI is InChI=1S/C10H10F3NOS/c1-15-8-4-6(9(14)16-2)3-7(5-8)10(11,12)13/h3-5,14H,1-2H3. The van der Waals surface area contributed by atoms with Crippen LogP contribution in [0, 0.1) is 5.41 Å².